The van der Waals surface area contributed by atoms with Gasteiger partial charge in [-0.1, -0.05) is 18.2 Å². The van der Waals surface area contributed by atoms with Crippen molar-refractivity contribution in [3.63, 3.8) is 0 Å². The average Bonchev–Trinajstić information content (AvgIpc) is 3.01. The van der Waals surface area contributed by atoms with Gasteiger partial charge in [0.05, 0.1) is 17.9 Å². The highest BCUT2D eigenvalue weighted by Crippen LogP contribution is 2.26. The number of aromatic nitrogens is 1. The SMILES string of the molecule is CN1CCCC(COc2ccc(N=Cc3c(O)[nH]c4ccccc34)cc2)C1. The Morgan fingerprint density at radius 2 is 2.04 bits per heavy atom. The second kappa shape index (κ2) is 7.84. The topological polar surface area (TPSA) is 60.9 Å². The maximum atomic E-state index is 10.1. The molecule has 5 heteroatoms. The molecule has 27 heavy (non-hydrogen) atoms. The number of rotatable bonds is 5. The maximum absolute atomic E-state index is 10.1. The Hall–Kier alpha value is -2.79. The van der Waals surface area contributed by atoms with E-state index in [4.69, 9.17) is 4.74 Å². The molecule has 5 nitrogen and oxygen atoms in total. The van der Waals surface area contributed by atoms with Gasteiger partial charge in [0.25, 0.3) is 0 Å². The molecule has 0 bridgehead atoms. The van der Waals surface area contributed by atoms with Crippen LogP contribution in [0.2, 0.25) is 0 Å². The van der Waals surface area contributed by atoms with Crippen molar-refractivity contribution < 1.29 is 9.84 Å². The van der Waals surface area contributed by atoms with Crippen molar-refractivity contribution in [2.45, 2.75) is 12.8 Å². The van der Waals surface area contributed by atoms with Crippen LogP contribution in [0, 0.1) is 5.92 Å². The first-order valence-electron chi connectivity index (χ1n) is 9.44. The van der Waals surface area contributed by atoms with Crippen LogP contribution < -0.4 is 4.74 Å². The summed E-state index contributed by atoms with van der Waals surface area (Å²) in [5, 5.41) is 11.1. The summed E-state index contributed by atoms with van der Waals surface area (Å²) < 4.78 is 5.95. The Bertz CT molecular complexity index is 930. The number of hydrogen-bond acceptors (Lipinski definition) is 4. The summed E-state index contributed by atoms with van der Waals surface area (Å²) in [7, 11) is 2.17. The molecule has 1 unspecified atom stereocenters. The molecular formula is C22H25N3O2. The minimum absolute atomic E-state index is 0.136. The molecule has 3 aromatic rings. The molecule has 2 N–H and O–H groups in total. The number of benzene rings is 2. The van der Waals surface area contributed by atoms with Gasteiger partial charge < -0.3 is 19.7 Å². The standard InChI is InChI=1S/C22H25N3O2/c1-25-12-4-5-16(14-25)15-27-18-10-8-17(9-11-18)23-13-20-19-6-2-3-7-21(19)24-22(20)26/h2-3,6-11,13,16,24,26H,4-5,12,14-15H2,1H3. The lowest BCUT2D eigenvalue weighted by molar-refractivity contribution is 0.150. The van der Waals surface area contributed by atoms with Crippen molar-refractivity contribution in [3.8, 4) is 11.6 Å². The second-order valence-corrected chi connectivity index (χ2v) is 7.27. The lowest BCUT2D eigenvalue weighted by Gasteiger charge is -2.29. The lowest BCUT2D eigenvalue weighted by Crippen LogP contribution is -2.34. The third-order valence-corrected chi connectivity index (χ3v) is 5.11. The van der Waals surface area contributed by atoms with Gasteiger partial charge in [-0.2, -0.15) is 0 Å². The summed E-state index contributed by atoms with van der Waals surface area (Å²) in [4.78, 5) is 9.83. The molecule has 1 fully saturated rings. The smallest absolute Gasteiger partial charge is 0.198 e. The van der Waals surface area contributed by atoms with Gasteiger partial charge in [-0.05, 0) is 56.8 Å². The van der Waals surface area contributed by atoms with E-state index < -0.39 is 0 Å². The number of H-pyrrole nitrogens is 1. The molecule has 0 amide bonds. The van der Waals surface area contributed by atoms with Crippen LogP contribution in [0.3, 0.4) is 0 Å². The lowest BCUT2D eigenvalue weighted by atomic mass is 10.00. The Labute approximate surface area is 159 Å². The fourth-order valence-corrected chi connectivity index (χ4v) is 3.67. The van der Waals surface area contributed by atoms with E-state index in [-0.39, 0.29) is 5.88 Å². The molecule has 0 saturated carbocycles. The van der Waals surface area contributed by atoms with Gasteiger partial charge in [0.15, 0.2) is 5.88 Å². The molecular weight excluding hydrogens is 338 g/mol. The molecule has 1 saturated heterocycles. The highest BCUT2D eigenvalue weighted by Gasteiger charge is 2.17. The van der Waals surface area contributed by atoms with Crippen LogP contribution in [0.4, 0.5) is 5.69 Å². The third kappa shape index (κ3) is 4.14. The Balaban J connectivity index is 1.40. The molecule has 140 valence electrons. The molecule has 1 atom stereocenters. The van der Waals surface area contributed by atoms with Gasteiger partial charge in [0, 0.05) is 29.6 Å². The summed E-state index contributed by atoms with van der Waals surface area (Å²) in [5.41, 5.74) is 2.42. The average molecular weight is 363 g/mol. The first kappa shape index (κ1) is 17.6. The second-order valence-electron chi connectivity index (χ2n) is 7.27. The number of aromatic hydroxyl groups is 1. The number of nitrogens with zero attached hydrogens (tertiary/aromatic N) is 2. The van der Waals surface area contributed by atoms with Gasteiger partial charge in [-0.25, -0.2) is 0 Å². The molecule has 0 spiro atoms. The third-order valence-electron chi connectivity index (χ3n) is 5.11. The predicted octanol–water partition coefficient (Wildman–Crippen LogP) is 4.34. The highest BCUT2D eigenvalue weighted by atomic mass is 16.5. The van der Waals surface area contributed by atoms with Gasteiger partial charge in [0.1, 0.15) is 5.75 Å². The largest absolute Gasteiger partial charge is 0.494 e. The van der Waals surface area contributed by atoms with Gasteiger partial charge in [-0.3, -0.25) is 4.99 Å². The van der Waals surface area contributed by atoms with E-state index in [0.717, 1.165) is 35.5 Å². The zero-order valence-electron chi connectivity index (χ0n) is 15.6. The van der Waals surface area contributed by atoms with Gasteiger partial charge in [0.2, 0.25) is 0 Å². The van der Waals surface area contributed by atoms with E-state index in [0.29, 0.717) is 11.5 Å². The van der Waals surface area contributed by atoms with Crippen molar-refractivity contribution in [2.75, 3.05) is 26.7 Å². The van der Waals surface area contributed by atoms with Crippen LogP contribution in [0.15, 0.2) is 53.5 Å². The highest BCUT2D eigenvalue weighted by molar-refractivity contribution is 6.02. The molecule has 0 aliphatic carbocycles. The number of aliphatic imine (C=N–C) groups is 1. The zero-order valence-corrected chi connectivity index (χ0v) is 15.6. The van der Waals surface area contributed by atoms with Crippen molar-refractivity contribution in [1.82, 2.24) is 9.88 Å². The van der Waals surface area contributed by atoms with Gasteiger partial charge in [-0.15, -0.1) is 0 Å². The van der Waals surface area contributed by atoms with E-state index >= 15 is 0 Å². The Kier molecular flexibility index (Phi) is 5.12. The zero-order chi connectivity index (χ0) is 18.6. The summed E-state index contributed by atoms with van der Waals surface area (Å²) in [5.74, 6) is 1.61. The number of hydrogen-bond donors (Lipinski definition) is 2. The number of fused-ring (bicyclic) bond motifs is 1. The van der Waals surface area contributed by atoms with Crippen molar-refractivity contribution in [2.24, 2.45) is 10.9 Å². The van der Waals surface area contributed by atoms with Gasteiger partial charge >= 0.3 is 0 Å². The first-order chi connectivity index (χ1) is 13.2. The van der Waals surface area contributed by atoms with Crippen LogP contribution in [-0.2, 0) is 0 Å². The quantitative estimate of drug-likeness (QED) is 0.663. The Morgan fingerprint density at radius 1 is 1.22 bits per heavy atom. The van der Waals surface area contributed by atoms with Crippen molar-refractivity contribution in [1.29, 1.82) is 0 Å². The molecule has 1 aromatic heterocycles. The minimum atomic E-state index is 0.136. The molecule has 2 heterocycles. The van der Waals surface area contributed by atoms with Crippen LogP contribution >= 0.6 is 0 Å². The van der Waals surface area contributed by atoms with E-state index in [1.54, 1.807) is 6.21 Å². The number of ether oxygens (including phenoxy) is 1. The number of likely N-dealkylation sites (tertiary alicyclic amines) is 1. The van der Waals surface area contributed by atoms with Crippen LogP contribution in [0.25, 0.3) is 10.9 Å². The Morgan fingerprint density at radius 3 is 2.85 bits per heavy atom. The molecule has 0 radical (unpaired) electrons. The van der Waals surface area contributed by atoms with E-state index in [1.807, 2.05) is 48.5 Å². The summed E-state index contributed by atoms with van der Waals surface area (Å²) in [6, 6.07) is 15.6. The fourth-order valence-electron chi connectivity index (χ4n) is 3.67. The van der Waals surface area contributed by atoms with E-state index in [2.05, 4.69) is 21.9 Å². The summed E-state index contributed by atoms with van der Waals surface area (Å²) >= 11 is 0. The monoisotopic (exact) mass is 363 g/mol. The number of para-hydroxylation sites is 1. The molecule has 1 aliphatic heterocycles. The van der Waals surface area contributed by atoms with Crippen molar-refractivity contribution in [3.05, 3.63) is 54.1 Å². The van der Waals surface area contributed by atoms with E-state index in [1.165, 1.54) is 19.4 Å². The number of piperidine rings is 1. The van der Waals surface area contributed by atoms with Crippen LogP contribution in [0.5, 0.6) is 11.6 Å². The maximum Gasteiger partial charge on any atom is 0.198 e. The van der Waals surface area contributed by atoms with Crippen LogP contribution in [0.1, 0.15) is 18.4 Å². The number of nitrogens with one attached hydrogen (secondary N) is 1. The number of aromatic amines is 1. The first-order valence-corrected chi connectivity index (χ1v) is 9.44. The van der Waals surface area contributed by atoms with Crippen molar-refractivity contribution >= 4 is 22.8 Å². The van der Waals surface area contributed by atoms with E-state index in [9.17, 15) is 5.11 Å². The molecule has 2 aromatic carbocycles. The fraction of sp³-hybridized carbons (Fsp3) is 0.318. The summed E-state index contributed by atoms with van der Waals surface area (Å²) in [6.07, 6.45) is 4.18. The minimum Gasteiger partial charge on any atom is -0.494 e. The van der Waals surface area contributed by atoms with Crippen LogP contribution in [-0.4, -0.2) is 47.9 Å². The summed E-state index contributed by atoms with van der Waals surface area (Å²) in [6.45, 7) is 3.06. The molecule has 1 aliphatic rings. The predicted molar refractivity (Wildman–Crippen MR) is 109 cm³/mol. The molecule has 4 rings (SSSR count). The normalized spacial score (nSPS) is 18.3.